The van der Waals surface area contributed by atoms with Crippen molar-refractivity contribution in [2.45, 2.75) is 200 Å². The molecule has 10 aromatic carbocycles. The minimum absolute atomic E-state index is 0. The van der Waals surface area contributed by atoms with Crippen LogP contribution in [0.5, 0.6) is 0 Å². The van der Waals surface area contributed by atoms with Crippen LogP contribution >= 0.6 is 170 Å². The molecular formula is C121H126O2Rb4S17-4. The molecule has 732 valence electrons. The summed E-state index contributed by atoms with van der Waals surface area (Å²) in [6.45, 7) is 60.0. The summed E-state index contributed by atoms with van der Waals surface area (Å²) >= 11 is 28.4. The van der Waals surface area contributed by atoms with E-state index in [1.54, 1.807) is 0 Å². The Balaban J connectivity index is 0.000000253. The fourth-order valence-corrected chi connectivity index (χ4v) is 33.2. The second-order valence-corrected chi connectivity index (χ2v) is 53.2. The van der Waals surface area contributed by atoms with E-state index in [9.17, 15) is 0 Å². The predicted octanol–water partition coefficient (Wildman–Crippen LogP) is 33.3. The third kappa shape index (κ3) is 29.1. The van der Waals surface area contributed by atoms with Gasteiger partial charge in [-0.15, -0.1) is 171 Å². The maximum Gasteiger partial charge on any atom is 1.00 e. The summed E-state index contributed by atoms with van der Waals surface area (Å²) in [5.41, 5.74) is 11.6. The largest absolute Gasteiger partial charge is 1.00 e. The topological polar surface area (TPSA) is 60.0 Å². The quantitative estimate of drug-likeness (QED) is 0.0983. The van der Waals surface area contributed by atoms with E-state index in [1.165, 1.54) is 296 Å². The van der Waals surface area contributed by atoms with E-state index in [1.807, 2.05) is 225 Å². The van der Waals surface area contributed by atoms with Gasteiger partial charge in [-0.2, -0.15) is 22.7 Å². The van der Waals surface area contributed by atoms with Crippen molar-refractivity contribution in [3.63, 3.8) is 0 Å². The Morgan fingerprint density at radius 1 is 0.208 bits per heavy atom. The van der Waals surface area contributed by atoms with Crippen molar-refractivity contribution in [1.29, 1.82) is 0 Å². The molecule has 0 saturated carbocycles. The van der Waals surface area contributed by atoms with Gasteiger partial charge in [-0.25, -0.2) is 22.7 Å². The number of hydrogen-bond acceptors (Lipinski definition) is 19. The maximum absolute atomic E-state index is 3.52. The zero-order chi connectivity index (χ0) is 95.4. The average molecular weight is 2500 g/mol. The molecule has 0 aliphatic heterocycles. The summed E-state index contributed by atoms with van der Waals surface area (Å²) < 4.78 is 19.6. The van der Waals surface area contributed by atoms with Crippen molar-refractivity contribution in [3.8, 4) is 10.4 Å². The summed E-state index contributed by atoms with van der Waals surface area (Å²) in [6, 6.07) is 71.7. The van der Waals surface area contributed by atoms with E-state index in [0.717, 1.165) is 6.42 Å². The van der Waals surface area contributed by atoms with Gasteiger partial charge in [0.15, 0.2) is 0 Å². The molecule has 2 N–H and O–H groups in total. The van der Waals surface area contributed by atoms with Crippen LogP contribution in [-0.4, -0.2) is 11.0 Å². The molecule has 1 aliphatic rings. The maximum atomic E-state index is 3.52. The van der Waals surface area contributed by atoms with Crippen LogP contribution in [-0.2, 0) is 27.0 Å². The third-order valence-electron chi connectivity index (χ3n) is 23.7. The minimum atomic E-state index is 0. The van der Waals surface area contributed by atoms with Crippen molar-refractivity contribution in [2.75, 3.05) is 0 Å². The molecule has 0 spiro atoms. The third-order valence-corrected chi connectivity index (χ3v) is 39.6. The standard InChI is InChI=1S/C23H20S3.3C16H12S2.C14H14S2.2C13H11S2.4C2H6.2CH3.2H2O.4Rb.2H2S/c1-12-5-7-16(9-12)20-17-10-14(3)26-23(17)21(19-8-6-13(2)24-19)18-11-15(4)25-22(18)20;3*1-9-3-13-5-11-8-16-14(4-10(2)18-16)6-12(11)7-15(13)17-9;1-7-5-11-9(3)14-12(6-8(2)16-14)10(4)13(11)15-7;2*1-7-4-10-6-12-11(5-8(2)14-12)9(3)13(10)15-7;4*1-2;;;;;;;;;;/h5-8,10-11H,9H2,1-4H3;3*3-8H,1-2H3;5-6H,1-4H3;2*4-5H,1-3H3;4*1-2H3;2*1H3;2*1H2;;;;;2*1H2/q;;;;;2*-1;;;;;2*-1;;;4*+1;;/p-4. The van der Waals surface area contributed by atoms with Crippen LogP contribution in [0.4, 0.5) is 0 Å². The van der Waals surface area contributed by atoms with Gasteiger partial charge in [0.05, 0.1) is 0 Å². The molecule has 0 saturated heterocycles. The van der Waals surface area contributed by atoms with Crippen LogP contribution in [0.2, 0.25) is 0 Å². The van der Waals surface area contributed by atoms with E-state index in [-0.39, 0.29) is 286 Å². The molecule has 23 heteroatoms. The van der Waals surface area contributed by atoms with Gasteiger partial charge in [-0.3, -0.25) is 0 Å². The van der Waals surface area contributed by atoms with Gasteiger partial charge < -0.3 is 52.8 Å². The van der Waals surface area contributed by atoms with E-state index < -0.39 is 0 Å². The summed E-state index contributed by atoms with van der Waals surface area (Å²) in [5.74, 6) is 0. The van der Waals surface area contributed by atoms with E-state index in [4.69, 9.17) is 0 Å². The van der Waals surface area contributed by atoms with Crippen molar-refractivity contribution in [1.82, 2.24) is 0 Å². The Kier molecular flexibility index (Phi) is 53.3. The monoisotopic (exact) mass is 2490 g/mol. The Bertz CT molecular complexity index is 7620. The first-order valence-corrected chi connectivity index (χ1v) is 58.7. The van der Waals surface area contributed by atoms with Gasteiger partial charge in [0.25, 0.3) is 0 Å². The summed E-state index contributed by atoms with van der Waals surface area (Å²) in [7, 11) is 0. The molecular weight excluding hydrogens is 2370 g/mol. The van der Waals surface area contributed by atoms with Crippen molar-refractivity contribution < 1.29 is 244 Å². The molecule has 144 heavy (non-hydrogen) atoms. The molecule has 15 heterocycles. The van der Waals surface area contributed by atoms with Crippen LogP contribution in [0.3, 0.4) is 0 Å². The number of allylic oxidation sites excluding steroid dienone is 4. The van der Waals surface area contributed by atoms with Crippen LogP contribution in [0.1, 0.15) is 170 Å². The molecule has 0 bridgehead atoms. The van der Waals surface area contributed by atoms with Crippen LogP contribution < -0.4 is 233 Å². The van der Waals surface area contributed by atoms with Crippen molar-refractivity contribution in [2.24, 2.45) is 0 Å². The van der Waals surface area contributed by atoms with Gasteiger partial charge in [-0.1, -0.05) is 119 Å². The Morgan fingerprint density at radius 3 is 0.722 bits per heavy atom. The fraction of sp³-hybridized carbons (Fsp3) is 0.240. The number of aryl methyl sites for hydroxylation is 19. The Labute approximate surface area is 1120 Å². The van der Waals surface area contributed by atoms with Crippen LogP contribution in [0, 0.1) is 159 Å². The normalized spacial score (nSPS) is 11.0. The molecule has 0 unspecified atom stereocenters. The molecule has 0 atom stereocenters. The van der Waals surface area contributed by atoms with E-state index in [2.05, 4.69) is 333 Å². The Morgan fingerprint density at radius 2 is 0.444 bits per heavy atom. The summed E-state index contributed by atoms with van der Waals surface area (Å²) in [6.07, 6.45) is 5.69. The Hall–Kier alpha value is -0.559. The van der Waals surface area contributed by atoms with Crippen molar-refractivity contribution in [3.05, 3.63) is 316 Å². The zero-order valence-corrected chi connectivity index (χ0v) is 124. The first-order valence-electron chi connectivity index (χ1n) is 46.4. The molecule has 15 aromatic heterocycles. The van der Waals surface area contributed by atoms with E-state index >= 15 is 0 Å². The molecule has 0 amide bonds. The predicted molar refractivity (Wildman–Crippen MR) is 670 cm³/mol. The summed E-state index contributed by atoms with van der Waals surface area (Å²) in [4.78, 5) is 22.2. The van der Waals surface area contributed by atoms with Crippen molar-refractivity contribution >= 4 is 376 Å². The second kappa shape index (κ2) is 58.1. The van der Waals surface area contributed by atoms with Gasteiger partial charge in [-0.05, 0) is 398 Å². The fourth-order valence-electron chi connectivity index (χ4n) is 18.2. The number of rotatable bonds is 2. The SMILES string of the molecule is CC.CC.CC.CC.CC1=CC=C(c2c3cc(C)sc3c(-c3ccc(C)s3)c3cc(C)sc23)C1.Cc1cc2c(C)c3sc(C)cc3[c-]c2s1.Cc1cc2c(C)c3sc(C)cc3[c-]c2s1.Cc1cc2c(C)c3sc(C)cc3c(C)c2s1.Cc1cc2cc3cc4sc(C)cc4cc3cc2s1.Cc1cc2cc3cc4sc(C)cc4cc3cc2s1.Cc1cc2cc3cc4sc(C)cc4cc3cc2s1.[CH3-].[CH3-].[OH-].[OH-].[Rb+].[Rb+].[Rb+].[Rb+].[SH-].[SH-]. The number of fused-ring (bicyclic) bond motifs is 17. The minimum Gasteiger partial charge on any atom is -0.870 e. The smallest absolute Gasteiger partial charge is 0.870 e. The van der Waals surface area contributed by atoms with E-state index in [0.29, 0.717) is 0 Å². The first-order chi connectivity index (χ1) is 64.4. The molecule has 25 aromatic rings. The van der Waals surface area contributed by atoms with Gasteiger partial charge in [0.2, 0.25) is 0 Å². The molecule has 1 aliphatic carbocycles. The first kappa shape index (κ1) is 132. The number of thiophene rings is 15. The number of benzene rings is 10. The van der Waals surface area contributed by atoms with Crippen LogP contribution in [0.15, 0.2) is 188 Å². The number of thiol groups is 2. The number of hydrogen-bond donors (Lipinski definition) is 0. The van der Waals surface area contributed by atoms with Crippen LogP contribution in [0.25, 0.3) is 190 Å². The summed E-state index contributed by atoms with van der Waals surface area (Å²) in [5, 5.41) is 27.5. The zero-order valence-electron chi connectivity index (χ0n) is 89.9. The molecule has 2 nitrogen and oxygen atoms in total. The molecule has 0 radical (unpaired) electrons. The molecule has 0 fully saturated rings. The molecule has 26 rings (SSSR count). The average Bonchev–Trinajstić information content (AvgIpc) is 1.56. The van der Waals surface area contributed by atoms with Gasteiger partial charge in [0.1, 0.15) is 0 Å². The van der Waals surface area contributed by atoms with Gasteiger partial charge in [0, 0.05) is 127 Å². The second-order valence-electron chi connectivity index (χ2n) is 34.1. The van der Waals surface area contributed by atoms with Gasteiger partial charge >= 0.3 is 233 Å².